The molecule has 0 saturated carbocycles. The predicted molar refractivity (Wildman–Crippen MR) is 66.2 cm³/mol. The normalized spacial score (nSPS) is 24.4. The van der Waals surface area contributed by atoms with Gasteiger partial charge in [-0.1, -0.05) is 0 Å². The van der Waals surface area contributed by atoms with E-state index in [1.54, 1.807) is 6.26 Å². The summed E-state index contributed by atoms with van der Waals surface area (Å²) in [6, 6.07) is 6.26. The van der Waals surface area contributed by atoms with Crippen molar-refractivity contribution in [2.24, 2.45) is 5.92 Å². The van der Waals surface area contributed by atoms with Crippen LogP contribution in [0.5, 0.6) is 0 Å². The van der Waals surface area contributed by atoms with Gasteiger partial charge in [-0.25, -0.2) is 0 Å². The predicted octanol–water partition coefficient (Wildman–Crippen LogP) is 3.18. The number of piperidine rings is 1. The summed E-state index contributed by atoms with van der Waals surface area (Å²) in [5, 5.41) is 8.78. The molecule has 0 aliphatic carbocycles. The Balaban J connectivity index is 1.98. The Bertz CT molecular complexity index is 389. The summed E-state index contributed by atoms with van der Waals surface area (Å²) >= 11 is 0. The van der Waals surface area contributed by atoms with Crippen molar-refractivity contribution >= 4 is 0 Å². The van der Waals surface area contributed by atoms with Crippen molar-refractivity contribution in [3.05, 3.63) is 24.2 Å². The highest BCUT2D eigenvalue weighted by Crippen LogP contribution is 2.34. The van der Waals surface area contributed by atoms with E-state index in [1.807, 2.05) is 12.1 Å². The summed E-state index contributed by atoms with van der Waals surface area (Å²) in [6.07, 6.45) is 4.64. The molecule has 1 atom stereocenters. The van der Waals surface area contributed by atoms with Crippen molar-refractivity contribution in [3.63, 3.8) is 0 Å². The van der Waals surface area contributed by atoms with Gasteiger partial charge in [0.05, 0.1) is 18.9 Å². The van der Waals surface area contributed by atoms with E-state index in [0.29, 0.717) is 12.3 Å². The molecule has 0 aromatic carbocycles. The smallest absolute Gasteiger partial charge is 0.117 e. The van der Waals surface area contributed by atoms with E-state index in [0.717, 1.165) is 31.7 Å². The molecular weight excluding hydrogens is 212 g/mol. The fourth-order valence-corrected chi connectivity index (χ4v) is 2.77. The molecule has 0 N–H and O–H groups in total. The molecule has 17 heavy (non-hydrogen) atoms. The van der Waals surface area contributed by atoms with Crippen LogP contribution < -0.4 is 0 Å². The maximum Gasteiger partial charge on any atom is 0.117 e. The Morgan fingerprint density at radius 1 is 1.59 bits per heavy atom. The molecule has 0 spiro atoms. The quantitative estimate of drug-likeness (QED) is 0.803. The van der Waals surface area contributed by atoms with Crippen LogP contribution in [0.4, 0.5) is 0 Å². The van der Waals surface area contributed by atoms with E-state index in [4.69, 9.17) is 9.68 Å². The minimum atomic E-state index is 0.159. The molecule has 1 aliphatic heterocycles. The Kier molecular flexibility index (Phi) is 3.54. The van der Waals surface area contributed by atoms with Crippen molar-refractivity contribution in [2.75, 3.05) is 6.54 Å². The van der Waals surface area contributed by atoms with E-state index >= 15 is 0 Å². The van der Waals surface area contributed by atoms with Gasteiger partial charge in [-0.05, 0) is 51.3 Å². The van der Waals surface area contributed by atoms with E-state index in [9.17, 15) is 0 Å². The van der Waals surface area contributed by atoms with Crippen LogP contribution in [-0.4, -0.2) is 17.0 Å². The lowest BCUT2D eigenvalue weighted by Crippen LogP contribution is -2.49. The van der Waals surface area contributed by atoms with Gasteiger partial charge in [0.1, 0.15) is 5.76 Å². The zero-order valence-electron chi connectivity index (χ0n) is 10.6. The van der Waals surface area contributed by atoms with Gasteiger partial charge in [-0.3, -0.25) is 4.90 Å². The Morgan fingerprint density at radius 2 is 2.41 bits per heavy atom. The van der Waals surface area contributed by atoms with Gasteiger partial charge in [0, 0.05) is 12.0 Å². The largest absolute Gasteiger partial charge is 0.468 e. The summed E-state index contributed by atoms with van der Waals surface area (Å²) in [4.78, 5) is 2.46. The molecule has 1 aromatic heterocycles. The molecule has 2 rings (SSSR count). The minimum absolute atomic E-state index is 0.159. The van der Waals surface area contributed by atoms with E-state index in [1.165, 1.54) is 0 Å². The Labute approximate surface area is 103 Å². The average molecular weight is 232 g/mol. The lowest BCUT2D eigenvalue weighted by Gasteiger charge is -2.45. The average Bonchev–Trinajstić information content (AvgIpc) is 2.74. The first kappa shape index (κ1) is 12.2. The number of hydrogen-bond donors (Lipinski definition) is 0. The first-order chi connectivity index (χ1) is 8.12. The van der Waals surface area contributed by atoms with Gasteiger partial charge in [0.25, 0.3) is 0 Å². The van der Waals surface area contributed by atoms with Crippen molar-refractivity contribution < 1.29 is 4.42 Å². The number of rotatable bonds is 3. The summed E-state index contributed by atoms with van der Waals surface area (Å²) in [5.41, 5.74) is 0.159. The highest BCUT2D eigenvalue weighted by Gasteiger charge is 2.34. The molecule has 3 nitrogen and oxygen atoms in total. The number of nitriles is 1. The summed E-state index contributed by atoms with van der Waals surface area (Å²) in [7, 11) is 0. The topological polar surface area (TPSA) is 40.2 Å². The molecule has 0 bridgehead atoms. The maximum atomic E-state index is 8.78. The minimum Gasteiger partial charge on any atom is -0.468 e. The fourth-order valence-electron chi connectivity index (χ4n) is 2.77. The van der Waals surface area contributed by atoms with Gasteiger partial charge in [-0.2, -0.15) is 5.26 Å². The van der Waals surface area contributed by atoms with Crippen LogP contribution in [-0.2, 0) is 6.54 Å². The van der Waals surface area contributed by atoms with Gasteiger partial charge in [-0.15, -0.1) is 0 Å². The van der Waals surface area contributed by atoms with Crippen molar-refractivity contribution in [3.8, 4) is 6.07 Å². The standard InChI is InChI=1S/C14H20N2O/c1-14(2)10-12(5-7-15)6-8-16(14)11-13-4-3-9-17-13/h3-4,9,12H,5-6,8,10-11H2,1-2H3. The third kappa shape index (κ3) is 2.89. The van der Waals surface area contributed by atoms with Crippen LogP contribution >= 0.6 is 0 Å². The molecule has 1 aliphatic rings. The maximum absolute atomic E-state index is 8.78. The molecule has 3 heteroatoms. The van der Waals surface area contributed by atoms with Crippen LogP contribution in [0.1, 0.15) is 38.9 Å². The zero-order valence-corrected chi connectivity index (χ0v) is 10.6. The monoisotopic (exact) mass is 232 g/mol. The third-order valence-electron chi connectivity index (χ3n) is 3.76. The summed E-state index contributed by atoms with van der Waals surface area (Å²) in [5.74, 6) is 1.58. The van der Waals surface area contributed by atoms with E-state index in [-0.39, 0.29) is 5.54 Å². The second-order valence-corrected chi connectivity index (χ2v) is 5.53. The number of likely N-dealkylation sites (tertiary alicyclic amines) is 1. The van der Waals surface area contributed by atoms with Crippen LogP contribution in [0.3, 0.4) is 0 Å². The zero-order chi connectivity index (χ0) is 12.3. The van der Waals surface area contributed by atoms with Crippen LogP contribution in [0.2, 0.25) is 0 Å². The lowest BCUT2D eigenvalue weighted by molar-refractivity contribution is 0.0352. The molecule has 2 heterocycles. The van der Waals surface area contributed by atoms with E-state index in [2.05, 4.69) is 24.8 Å². The van der Waals surface area contributed by atoms with Gasteiger partial charge in [0.15, 0.2) is 0 Å². The fraction of sp³-hybridized carbons (Fsp3) is 0.643. The molecule has 0 amide bonds. The highest BCUT2D eigenvalue weighted by molar-refractivity contribution is 5.01. The molecule has 1 unspecified atom stereocenters. The number of nitrogens with zero attached hydrogens (tertiary/aromatic N) is 2. The van der Waals surface area contributed by atoms with Gasteiger partial charge in [0.2, 0.25) is 0 Å². The van der Waals surface area contributed by atoms with Gasteiger partial charge >= 0.3 is 0 Å². The Hall–Kier alpha value is -1.27. The molecule has 1 saturated heterocycles. The number of furan rings is 1. The second-order valence-electron chi connectivity index (χ2n) is 5.53. The number of hydrogen-bond acceptors (Lipinski definition) is 3. The van der Waals surface area contributed by atoms with Crippen LogP contribution in [0, 0.1) is 17.2 Å². The molecule has 92 valence electrons. The van der Waals surface area contributed by atoms with Crippen LogP contribution in [0.15, 0.2) is 22.8 Å². The second kappa shape index (κ2) is 4.93. The van der Waals surface area contributed by atoms with Crippen molar-refractivity contribution in [2.45, 2.75) is 45.2 Å². The lowest BCUT2D eigenvalue weighted by atomic mass is 9.81. The Morgan fingerprint density at radius 3 is 3.00 bits per heavy atom. The highest BCUT2D eigenvalue weighted by atomic mass is 16.3. The SMILES string of the molecule is CC1(C)CC(CC#N)CCN1Cc1ccco1. The first-order valence-corrected chi connectivity index (χ1v) is 6.26. The summed E-state index contributed by atoms with van der Waals surface area (Å²) < 4.78 is 5.41. The molecule has 1 aromatic rings. The molecular formula is C14H20N2O. The van der Waals surface area contributed by atoms with Crippen molar-refractivity contribution in [1.82, 2.24) is 4.90 Å². The summed E-state index contributed by atoms with van der Waals surface area (Å²) in [6.45, 7) is 6.46. The first-order valence-electron chi connectivity index (χ1n) is 6.26. The molecule has 0 radical (unpaired) electrons. The van der Waals surface area contributed by atoms with Gasteiger partial charge < -0.3 is 4.42 Å². The van der Waals surface area contributed by atoms with E-state index < -0.39 is 0 Å². The third-order valence-corrected chi connectivity index (χ3v) is 3.76. The van der Waals surface area contributed by atoms with Crippen molar-refractivity contribution in [1.29, 1.82) is 5.26 Å². The molecule has 1 fully saturated rings. The van der Waals surface area contributed by atoms with Crippen LogP contribution in [0.25, 0.3) is 0 Å².